The average Bonchev–Trinajstić information content (AvgIpc) is 1.81. The molecule has 6 nitrogen and oxygen atoms in total. The SMILES string of the molecule is O=S(=O)(O)S(=O)(=O)OCCS. The molecule has 0 fully saturated rings. The van der Waals surface area contributed by atoms with E-state index in [9.17, 15) is 16.8 Å². The van der Waals surface area contributed by atoms with Crippen LogP contribution in [-0.4, -0.2) is 33.7 Å². The lowest BCUT2D eigenvalue weighted by atomic mass is 10.9. The molecule has 0 aliphatic heterocycles. The molecule has 0 aromatic heterocycles. The van der Waals surface area contributed by atoms with E-state index in [-0.39, 0.29) is 5.75 Å². The topological polar surface area (TPSA) is 97.7 Å². The van der Waals surface area contributed by atoms with E-state index >= 15 is 0 Å². The number of rotatable bonds is 4. The zero-order chi connectivity index (χ0) is 9.12. The second-order valence-electron chi connectivity index (χ2n) is 1.38. The Hall–Kier alpha value is 0.170. The van der Waals surface area contributed by atoms with Gasteiger partial charge >= 0.3 is 18.3 Å². The first-order valence-electron chi connectivity index (χ1n) is 2.29. The van der Waals surface area contributed by atoms with Crippen molar-refractivity contribution in [3.8, 4) is 0 Å². The second-order valence-corrected chi connectivity index (χ2v) is 6.22. The fourth-order valence-corrected chi connectivity index (χ4v) is 1.39. The molecule has 1 N–H and O–H groups in total. The zero-order valence-corrected chi connectivity index (χ0v) is 7.69. The summed E-state index contributed by atoms with van der Waals surface area (Å²) in [5, 5.41) is 0. The smallest absolute Gasteiger partial charge is 0.272 e. The molecule has 11 heavy (non-hydrogen) atoms. The van der Waals surface area contributed by atoms with E-state index in [1.165, 1.54) is 0 Å². The molecule has 0 amide bonds. The van der Waals surface area contributed by atoms with E-state index in [0.717, 1.165) is 0 Å². The summed E-state index contributed by atoms with van der Waals surface area (Å²) < 4.78 is 52.4. The highest BCUT2D eigenvalue weighted by Gasteiger charge is 2.27. The van der Waals surface area contributed by atoms with Gasteiger partial charge in [0.05, 0.1) is 6.61 Å². The fraction of sp³-hybridized carbons (Fsp3) is 1.00. The quantitative estimate of drug-likeness (QED) is 0.362. The molecule has 0 aromatic carbocycles. The molecule has 0 saturated heterocycles. The summed E-state index contributed by atoms with van der Waals surface area (Å²) in [5.74, 6) is 0.0365. The highest BCUT2D eigenvalue weighted by molar-refractivity contribution is 8.63. The van der Waals surface area contributed by atoms with Crippen molar-refractivity contribution in [1.29, 1.82) is 0 Å². The average molecular weight is 222 g/mol. The third-order valence-electron chi connectivity index (χ3n) is 0.577. The molecule has 0 unspecified atom stereocenters. The third-order valence-corrected chi connectivity index (χ3v) is 3.57. The van der Waals surface area contributed by atoms with Crippen LogP contribution in [0.2, 0.25) is 0 Å². The van der Waals surface area contributed by atoms with Crippen LogP contribution in [0.15, 0.2) is 0 Å². The molecule has 0 aliphatic rings. The molecule has 0 aromatic rings. The van der Waals surface area contributed by atoms with E-state index < -0.39 is 24.9 Å². The molecular formula is C2H6O6S3. The Labute approximate surface area is 69.2 Å². The van der Waals surface area contributed by atoms with Crippen molar-refractivity contribution in [2.75, 3.05) is 12.4 Å². The Kier molecular flexibility index (Phi) is 3.77. The van der Waals surface area contributed by atoms with E-state index in [1.807, 2.05) is 0 Å². The van der Waals surface area contributed by atoms with Crippen LogP contribution in [0.3, 0.4) is 0 Å². The molecule has 0 saturated carbocycles. The lowest BCUT2D eigenvalue weighted by molar-refractivity contribution is 0.346. The third kappa shape index (κ3) is 3.38. The molecule has 0 rings (SSSR count). The molecule has 0 aliphatic carbocycles. The van der Waals surface area contributed by atoms with Gasteiger partial charge in [-0.25, -0.2) is 0 Å². The summed E-state index contributed by atoms with van der Waals surface area (Å²) in [4.78, 5) is 0. The van der Waals surface area contributed by atoms with E-state index in [1.54, 1.807) is 0 Å². The lowest BCUT2D eigenvalue weighted by Gasteiger charge is -1.98. The van der Waals surface area contributed by atoms with Crippen molar-refractivity contribution < 1.29 is 25.6 Å². The van der Waals surface area contributed by atoms with Gasteiger partial charge in [-0.05, 0) is 0 Å². The minimum Gasteiger partial charge on any atom is -0.272 e. The summed E-state index contributed by atoms with van der Waals surface area (Å²) in [6.07, 6.45) is 0. The van der Waals surface area contributed by atoms with Crippen LogP contribution in [0.1, 0.15) is 0 Å². The summed E-state index contributed by atoms with van der Waals surface area (Å²) in [5.41, 5.74) is 0. The summed E-state index contributed by atoms with van der Waals surface area (Å²) in [7, 11) is -10.0. The minimum atomic E-state index is -5.16. The van der Waals surface area contributed by atoms with Crippen LogP contribution in [0, 0.1) is 0 Å². The zero-order valence-electron chi connectivity index (χ0n) is 5.17. The first kappa shape index (κ1) is 11.2. The van der Waals surface area contributed by atoms with Crippen molar-refractivity contribution in [2.45, 2.75) is 0 Å². The largest absolute Gasteiger partial charge is 0.399 e. The van der Waals surface area contributed by atoms with Gasteiger partial charge in [0.15, 0.2) is 0 Å². The maximum atomic E-state index is 10.3. The van der Waals surface area contributed by atoms with Crippen molar-refractivity contribution in [2.24, 2.45) is 0 Å². The van der Waals surface area contributed by atoms with Gasteiger partial charge < -0.3 is 0 Å². The molecule has 68 valence electrons. The van der Waals surface area contributed by atoms with Gasteiger partial charge in [0.25, 0.3) is 0 Å². The first-order chi connectivity index (χ1) is 4.81. The van der Waals surface area contributed by atoms with Crippen LogP contribution in [0.4, 0.5) is 0 Å². The van der Waals surface area contributed by atoms with Crippen LogP contribution >= 0.6 is 12.6 Å². The number of hydrogen-bond acceptors (Lipinski definition) is 6. The molecule has 0 spiro atoms. The molecular weight excluding hydrogens is 216 g/mol. The summed E-state index contributed by atoms with van der Waals surface area (Å²) in [6.45, 7) is -0.398. The molecule has 0 bridgehead atoms. The van der Waals surface area contributed by atoms with Crippen LogP contribution in [0.25, 0.3) is 0 Å². The van der Waals surface area contributed by atoms with Crippen LogP contribution in [0.5, 0.6) is 0 Å². The Bertz CT molecular complexity index is 297. The maximum Gasteiger partial charge on any atom is 0.399 e. The van der Waals surface area contributed by atoms with Crippen molar-refractivity contribution >= 4 is 30.9 Å². The predicted octanol–water partition coefficient (Wildman–Crippen LogP) is -0.935. The van der Waals surface area contributed by atoms with E-state index in [2.05, 4.69) is 16.8 Å². The minimum absolute atomic E-state index is 0.0365. The van der Waals surface area contributed by atoms with Crippen molar-refractivity contribution in [3.63, 3.8) is 0 Å². The van der Waals surface area contributed by atoms with Crippen LogP contribution in [-0.2, 0) is 22.5 Å². The Morgan fingerprint density at radius 2 is 1.73 bits per heavy atom. The van der Waals surface area contributed by atoms with Gasteiger partial charge in [-0.15, -0.1) is 0 Å². The van der Waals surface area contributed by atoms with Gasteiger partial charge in [-0.2, -0.15) is 29.5 Å². The van der Waals surface area contributed by atoms with Gasteiger partial charge in [0.2, 0.25) is 0 Å². The van der Waals surface area contributed by atoms with E-state index in [4.69, 9.17) is 4.55 Å². The Morgan fingerprint density at radius 1 is 1.27 bits per heavy atom. The van der Waals surface area contributed by atoms with Gasteiger partial charge in [0.1, 0.15) is 0 Å². The van der Waals surface area contributed by atoms with Crippen LogP contribution < -0.4 is 0 Å². The number of hydrogen-bond donors (Lipinski definition) is 2. The fourth-order valence-electron chi connectivity index (χ4n) is 0.200. The lowest BCUT2D eigenvalue weighted by Crippen LogP contribution is -2.18. The van der Waals surface area contributed by atoms with Gasteiger partial charge in [-0.3, -0.25) is 8.74 Å². The Morgan fingerprint density at radius 3 is 2.00 bits per heavy atom. The Balaban J connectivity index is 4.53. The molecule has 0 heterocycles. The predicted molar refractivity (Wildman–Crippen MR) is 40.3 cm³/mol. The maximum absolute atomic E-state index is 10.3. The first-order valence-corrected chi connectivity index (χ1v) is 6.29. The van der Waals surface area contributed by atoms with Crippen molar-refractivity contribution in [3.05, 3.63) is 0 Å². The van der Waals surface area contributed by atoms with Gasteiger partial charge in [-0.1, -0.05) is 0 Å². The second kappa shape index (κ2) is 3.72. The summed E-state index contributed by atoms with van der Waals surface area (Å²) >= 11 is 3.56. The molecule has 0 atom stereocenters. The van der Waals surface area contributed by atoms with Gasteiger partial charge in [0, 0.05) is 5.75 Å². The standard InChI is InChI=1S/C2H6O6S3/c3-10(4,5)11(6,7)8-1-2-9/h9H,1-2H2,(H,3,4,5). The number of thiol groups is 1. The van der Waals surface area contributed by atoms with E-state index in [0.29, 0.717) is 0 Å². The summed E-state index contributed by atoms with van der Waals surface area (Å²) in [6, 6.07) is 0. The molecule has 0 radical (unpaired) electrons. The normalized spacial score (nSPS) is 13.3. The van der Waals surface area contributed by atoms with Crippen molar-refractivity contribution in [1.82, 2.24) is 0 Å². The molecule has 9 heteroatoms. The monoisotopic (exact) mass is 222 g/mol. The highest BCUT2D eigenvalue weighted by Crippen LogP contribution is 2.01. The highest BCUT2D eigenvalue weighted by atomic mass is 33.2.